The molecule has 0 saturated heterocycles. The van der Waals surface area contributed by atoms with Crippen molar-refractivity contribution in [3.05, 3.63) is 60.8 Å². The molecule has 31 heavy (non-hydrogen) atoms. The number of rotatable bonds is 5. The van der Waals surface area contributed by atoms with Gasteiger partial charge in [-0.15, -0.1) is 0 Å². The molecule has 0 radical (unpaired) electrons. The topological polar surface area (TPSA) is 121 Å². The minimum atomic E-state index is 0.603. The first-order valence-electron chi connectivity index (χ1n) is 9.50. The van der Waals surface area contributed by atoms with E-state index in [2.05, 4.69) is 41.9 Å². The highest BCUT2D eigenvalue weighted by Crippen LogP contribution is 2.29. The summed E-state index contributed by atoms with van der Waals surface area (Å²) in [6.07, 6.45) is 8.33. The lowest BCUT2D eigenvalue weighted by Gasteiger charge is -2.00. The van der Waals surface area contributed by atoms with Crippen LogP contribution in [0.15, 0.2) is 65.1 Å². The summed E-state index contributed by atoms with van der Waals surface area (Å²) in [5.41, 5.74) is 7.05. The number of pyridine rings is 3. The van der Waals surface area contributed by atoms with E-state index in [9.17, 15) is 0 Å². The summed E-state index contributed by atoms with van der Waals surface area (Å²) in [6.45, 7) is 5.31. The van der Waals surface area contributed by atoms with Gasteiger partial charge in [0.25, 0.3) is 0 Å². The zero-order valence-electron chi connectivity index (χ0n) is 16.6. The van der Waals surface area contributed by atoms with Crippen LogP contribution in [0.3, 0.4) is 0 Å². The van der Waals surface area contributed by atoms with Gasteiger partial charge < -0.3 is 4.98 Å². The molecule has 0 saturated carbocycles. The molecule has 9 nitrogen and oxygen atoms in total. The summed E-state index contributed by atoms with van der Waals surface area (Å²) in [5, 5.41) is 7.47. The van der Waals surface area contributed by atoms with Crippen LogP contribution >= 0.6 is 0 Å². The Balaban J connectivity index is 1.63. The molecule has 0 aromatic carbocycles. The summed E-state index contributed by atoms with van der Waals surface area (Å²) in [5.74, 6) is 0.603. The van der Waals surface area contributed by atoms with Crippen LogP contribution in [-0.4, -0.2) is 48.2 Å². The highest BCUT2D eigenvalue weighted by atomic mass is 15.2. The molecule has 0 aliphatic rings. The molecule has 5 aromatic heterocycles. The Morgan fingerprint density at radius 3 is 2.84 bits per heavy atom. The zero-order chi connectivity index (χ0) is 21.2. The van der Waals surface area contributed by atoms with E-state index in [-0.39, 0.29) is 0 Å². The normalized spacial score (nSPS) is 12.2. The van der Waals surface area contributed by atoms with E-state index in [0.717, 1.165) is 39.1 Å². The lowest BCUT2D eigenvalue weighted by atomic mass is 10.1. The highest BCUT2D eigenvalue weighted by molar-refractivity contribution is 5.95. The van der Waals surface area contributed by atoms with Crippen molar-refractivity contribution in [1.82, 2.24) is 35.1 Å². The van der Waals surface area contributed by atoms with Crippen molar-refractivity contribution in [3.8, 4) is 22.8 Å². The number of aliphatic imine (C=N–C) groups is 2. The smallest absolute Gasteiger partial charge is 0.161 e. The van der Waals surface area contributed by atoms with Crippen LogP contribution in [0.1, 0.15) is 12.6 Å². The predicted octanol–water partition coefficient (Wildman–Crippen LogP) is 4.05. The van der Waals surface area contributed by atoms with Gasteiger partial charge in [-0.2, -0.15) is 5.10 Å². The van der Waals surface area contributed by atoms with Crippen LogP contribution in [0.4, 0.5) is 0 Å². The molecule has 0 aliphatic carbocycles. The molecule has 0 aliphatic heterocycles. The fourth-order valence-electron chi connectivity index (χ4n) is 3.30. The summed E-state index contributed by atoms with van der Waals surface area (Å²) >= 11 is 0. The SMILES string of the molecule is C=N/C=N\C=C(/C)c1ccc2[nH]nc(-c3nc4c(-c5ccccn5)cncc4[nH]3)c2n1. The van der Waals surface area contributed by atoms with Gasteiger partial charge in [0.1, 0.15) is 17.4 Å². The van der Waals surface area contributed by atoms with Gasteiger partial charge in [0.05, 0.1) is 28.6 Å². The Bertz CT molecular complexity index is 1460. The van der Waals surface area contributed by atoms with E-state index < -0.39 is 0 Å². The number of nitrogens with one attached hydrogen (secondary N) is 2. The van der Waals surface area contributed by atoms with Crippen LogP contribution in [-0.2, 0) is 0 Å². The number of nitrogens with zero attached hydrogens (tertiary/aromatic N) is 7. The fourth-order valence-corrected chi connectivity index (χ4v) is 3.30. The third-order valence-electron chi connectivity index (χ3n) is 4.79. The number of aromatic amines is 2. The maximum atomic E-state index is 4.80. The number of fused-ring (bicyclic) bond motifs is 2. The first-order chi connectivity index (χ1) is 15.2. The molecule has 150 valence electrons. The molecular weight excluding hydrogens is 390 g/mol. The third-order valence-corrected chi connectivity index (χ3v) is 4.79. The number of imidazole rings is 1. The molecule has 5 rings (SSSR count). The summed E-state index contributed by atoms with van der Waals surface area (Å²) < 4.78 is 0. The van der Waals surface area contributed by atoms with E-state index in [1.165, 1.54) is 6.34 Å². The maximum absolute atomic E-state index is 4.80. The fraction of sp³-hybridized carbons (Fsp3) is 0.0455. The number of H-pyrrole nitrogens is 2. The van der Waals surface area contributed by atoms with Crippen molar-refractivity contribution in [2.24, 2.45) is 9.98 Å². The van der Waals surface area contributed by atoms with E-state index in [1.807, 2.05) is 37.3 Å². The second-order valence-electron chi connectivity index (χ2n) is 6.81. The molecule has 5 aromatic rings. The van der Waals surface area contributed by atoms with Gasteiger partial charge >= 0.3 is 0 Å². The van der Waals surface area contributed by atoms with Gasteiger partial charge in [0.2, 0.25) is 0 Å². The predicted molar refractivity (Wildman–Crippen MR) is 122 cm³/mol. The molecule has 0 fully saturated rings. The van der Waals surface area contributed by atoms with Crippen molar-refractivity contribution >= 4 is 40.7 Å². The van der Waals surface area contributed by atoms with E-state index in [1.54, 1.807) is 24.8 Å². The van der Waals surface area contributed by atoms with Crippen LogP contribution < -0.4 is 0 Å². The number of aromatic nitrogens is 7. The lowest BCUT2D eigenvalue weighted by molar-refractivity contribution is 1.10. The molecule has 9 heteroatoms. The van der Waals surface area contributed by atoms with Gasteiger partial charge in [0, 0.05) is 24.2 Å². The molecule has 0 bridgehead atoms. The van der Waals surface area contributed by atoms with Gasteiger partial charge in [-0.3, -0.25) is 20.1 Å². The standard InChI is InChI=1S/C22H17N9/c1-13(9-25-12-23-2)15-6-7-17-20(27-15)21(31-30-17)22-28-18-11-24-10-14(19(18)29-22)16-5-3-4-8-26-16/h3-12H,2H2,1H3,(H,28,29)(H,30,31)/b13-9+,25-12-. The van der Waals surface area contributed by atoms with Crippen LogP contribution in [0.25, 0.3) is 50.4 Å². The molecule has 5 heterocycles. The maximum Gasteiger partial charge on any atom is 0.161 e. The largest absolute Gasteiger partial charge is 0.335 e. The van der Waals surface area contributed by atoms with E-state index in [0.29, 0.717) is 17.0 Å². The number of hydrogen-bond donors (Lipinski definition) is 2. The van der Waals surface area contributed by atoms with Crippen molar-refractivity contribution in [3.63, 3.8) is 0 Å². The van der Waals surface area contributed by atoms with Crippen LogP contribution in [0, 0.1) is 0 Å². The molecule has 0 amide bonds. The Morgan fingerprint density at radius 2 is 2.00 bits per heavy atom. The summed E-state index contributed by atoms with van der Waals surface area (Å²) in [7, 11) is 0. The average Bonchev–Trinajstić information content (AvgIpc) is 3.43. The molecule has 0 spiro atoms. The Labute approximate surface area is 176 Å². The highest BCUT2D eigenvalue weighted by Gasteiger charge is 2.17. The quantitative estimate of drug-likeness (QED) is 0.336. The van der Waals surface area contributed by atoms with Crippen LogP contribution in [0.5, 0.6) is 0 Å². The molecule has 0 unspecified atom stereocenters. The monoisotopic (exact) mass is 407 g/mol. The van der Waals surface area contributed by atoms with Gasteiger partial charge in [-0.25, -0.2) is 15.0 Å². The van der Waals surface area contributed by atoms with Crippen molar-refractivity contribution < 1.29 is 0 Å². The Morgan fingerprint density at radius 1 is 1.06 bits per heavy atom. The van der Waals surface area contributed by atoms with Gasteiger partial charge in [0.15, 0.2) is 11.5 Å². The van der Waals surface area contributed by atoms with Gasteiger partial charge in [-0.1, -0.05) is 6.07 Å². The molecule has 0 atom stereocenters. The average molecular weight is 407 g/mol. The third kappa shape index (κ3) is 3.38. The van der Waals surface area contributed by atoms with E-state index >= 15 is 0 Å². The minimum absolute atomic E-state index is 0.603. The number of hydrogen-bond acceptors (Lipinski definition) is 6. The number of allylic oxidation sites excluding steroid dienone is 1. The second kappa shape index (κ2) is 7.71. The minimum Gasteiger partial charge on any atom is -0.335 e. The summed E-state index contributed by atoms with van der Waals surface area (Å²) in [4.78, 5) is 29.3. The van der Waals surface area contributed by atoms with E-state index in [4.69, 9.17) is 9.97 Å². The lowest BCUT2D eigenvalue weighted by Crippen LogP contribution is -1.88. The Kier molecular flexibility index (Phi) is 4.60. The van der Waals surface area contributed by atoms with Crippen LogP contribution in [0.2, 0.25) is 0 Å². The second-order valence-corrected chi connectivity index (χ2v) is 6.81. The Hall–Kier alpha value is -4.53. The first kappa shape index (κ1) is 18.5. The first-order valence-corrected chi connectivity index (χ1v) is 9.50. The zero-order valence-corrected chi connectivity index (χ0v) is 16.6. The van der Waals surface area contributed by atoms with Gasteiger partial charge in [-0.05, 0) is 43.5 Å². The van der Waals surface area contributed by atoms with Crippen molar-refractivity contribution in [1.29, 1.82) is 0 Å². The molecular formula is C22H17N9. The van der Waals surface area contributed by atoms with Crippen molar-refractivity contribution in [2.45, 2.75) is 6.92 Å². The van der Waals surface area contributed by atoms with Crippen molar-refractivity contribution in [2.75, 3.05) is 0 Å². The summed E-state index contributed by atoms with van der Waals surface area (Å²) in [6, 6.07) is 9.59. The molecule has 2 N–H and O–H groups in total.